The third-order valence-electron chi connectivity index (χ3n) is 5.95. The van der Waals surface area contributed by atoms with Crippen molar-refractivity contribution in [2.24, 2.45) is 0 Å². The average Bonchev–Trinajstić information content (AvgIpc) is 3.18. The fraction of sp³-hybridized carbons (Fsp3) is 0.700. The number of likely N-dealkylation sites (N-methyl/N-ethyl adjacent to an activating group) is 1. The number of aliphatic hydroxyl groups excluding tert-OH is 2. The number of ether oxygens (including phenoxy) is 3. The van der Waals surface area contributed by atoms with Crippen LogP contribution in [-0.4, -0.2) is 88.0 Å². The predicted octanol–water partition coefficient (Wildman–Crippen LogP) is 0.763. The van der Waals surface area contributed by atoms with Gasteiger partial charge in [0.1, 0.15) is 30.8 Å². The van der Waals surface area contributed by atoms with Crippen LogP contribution in [0.2, 0.25) is 0 Å². The number of rotatable bonds is 11. The Labute approximate surface area is 249 Å². The van der Waals surface area contributed by atoms with Crippen LogP contribution in [0.3, 0.4) is 0 Å². The minimum Gasteiger partial charge on any atom is -0.508 e. The second-order valence-electron chi connectivity index (χ2n) is 8.97. The SMILES string of the molecule is CCO[C@@H]1C(C)O[C@H](O[PH](=O)OP(=N)(O)OCC2=C(O)C[C@H]([n+]3cc(C)c(=O)[nH]c3O)O2)C(O)C1N(C)C.[U]. The normalized spacial score (nSPS) is 29.5. The number of nitrogens with zero attached hydrogens (tertiary/aromatic N) is 2. The standard InChI is InChI=1S/C20H34N4O12P2.U/c1-6-31-17-11(3)33-19(16(26)15(17)23(4)5)35-37(29)36-38(21,30)32-9-13-12(25)7-14(34-13)24-8-10(2)18(27)22-20(24)28;/h8,11,14-17,19,26,37H,6-7,9H2,1-5H3,(H4,21,22,25,27,28,30);/p+1/t11?,14-,15?,16?,17-,19-,38?;/m1./s1. The topological polar surface area (TPSA) is 217 Å². The van der Waals surface area contributed by atoms with E-state index < -0.39 is 71.0 Å². The summed E-state index contributed by atoms with van der Waals surface area (Å²) >= 11 is 0. The molecule has 1 aromatic rings. The number of aromatic amines is 1. The van der Waals surface area contributed by atoms with E-state index in [0.29, 0.717) is 6.61 Å². The Kier molecular flexibility index (Phi) is 12.7. The molecule has 5 unspecified atom stereocenters. The van der Waals surface area contributed by atoms with Crippen molar-refractivity contribution in [2.75, 3.05) is 27.3 Å². The second-order valence-corrected chi connectivity index (χ2v) is 11.7. The van der Waals surface area contributed by atoms with Gasteiger partial charge >= 0.3 is 27.6 Å². The first-order valence-electron chi connectivity index (χ1n) is 11.7. The Morgan fingerprint density at radius 3 is 2.64 bits per heavy atom. The number of aryl methyl sites for hydroxylation is 1. The second kappa shape index (κ2) is 14.4. The van der Waals surface area contributed by atoms with Crippen LogP contribution in [0.25, 0.3) is 0 Å². The molecular weight excluding hydrogens is 788 g/mol. The smallest absolute Gasteiger partial charge is 0.457 e. The minimum absolute atomic E-state index is 0. The van der Waals surface area contributed by atoms with Gasteiger partial charge in [0.05, 0.1) is 24.1 Å². The van der Waals surface area contributed by atoms with E-state index in [1.54, 1.807) is 32.8 Å². The van der Waals surface area contributed by atoms with Gasteiger partial charge in [-0.15, -0.1) is 0 Å². The Bertz CT molecular complexity index is 1170. The van der Waals surface area contributed by atoms with E-state index in [1.807, 2.05) is 0 Å². The summed E-state index contributed by atoms with van der Waals surface area (Å²) in [5.41, 5.74) is -0.213. The summed E-state index contributed by atoms with van der Waals surface area (Å²) < 4.78 is 45.5. The molecule has 16 nitrogen and oxygen atoms in total. The van der Waals surface area contributed by atoms with Crippen molar-refractivity contribution < 1.29 is 88.0 Å². The summed E-state index contributed by atoms with van der Waals surface area (Å²) in [6.45, 7) is 4.78. The molecule has 0 aliphatic carbocycles. The molecule has 19 heteroatoms. The number of aromatic nitrogens is 2. The van der Waals surface area contributed by atoms with Crippen LogP contribution < -0.4 is 10.1 Å². The Balaban J connectivity index is 0.00000533. The quantitative estimate of drug-likeness (QED) is 0.135. The summed E-state index contributed by atoms with van der Waals surface area (Å²) in [5, 5.41) is 38.8. The average molecular weight is 823 g/mol. The molecule has 220 valence electrons. The van der Waals surface area contributed by atoms with Crippen molar-refractivity contribution in [1.29, 1.82) is 5.16 Å². The first-order valence-corrected chi connectivity index (χ1v) is 14.5. The van der Waals surface area contributed by atoms with E-state index in [9.17, 15) is 29.6 Å². The first kappa shape index (κ1) is 34.4. The summed E-state index contributed by atoms with van der Waals surface area (Å²) in [5.74, 6) is -0.461. The molecule has 0 saturated carbocycles. The molecule has 1 fully saturated rings. The van der Waals surface area contributed by atoms with Gasteiger partial charge in [0.15, 0.2) is 12.0 Å². The molecule has 8 atom stereocenters. The fourth-order valence-corrected chi connectivity index (χ4v) is 6.02. The van der Waals surface area contributed by atoms with E-state index >= 15 is 0 Å². The number of aliphatic hydroxyl groups is 2. The number of hydrogen-bond donors (Lipinski definition) is 6. The third kappa shape index (κ3) is 8.61. The number of nitrogens with one attached hydrogen (secondary N) is 2. The van der Waals surface area contributed by atoms with E-state index in [-0.39, 0.29) is 54.6 Å². The maximum Gasteiger partial charge on any atom is 0.457 e. The zero-order chi connectivity index (χ0) is 28.4. The molecule has 0 bridgehead atoms. The zero-order valence-corrected chi connectivity index (χ0v) is 28.1. The van der Waals surface area contributed by atoms with Crippen LogP contribution in [0.1, 0.15) is 32.1 Å². The van der Waals surface area contributed by atoms with Crippen LogP contribution in [0.4, 0.5) is 0 Å². The molecule has 0 aromatic carbocycles. The predicted molar refractivity (Wildman–Crippen MR) is 130 cm³/mol. The zero-order valence-electron chi connectivity index (χ0n) is 22.1. The van der Waals surface area contributed by atoms with E-state index in [1.165, 1.54) is 17.7 Å². The molecule has 1 aromatic heterocycles. The van der Waals surface area contributed by atoms with Crippen molar-refractivity contribution in [1.82, 2.24) is 9.88 Å². The molecule has 0 amide bonds. The molecule has 0 spiro atoms. The summed E-state index contributed by atoms with van der Waals surface area (Å²) in [6, 6.07) is -1.07. The van der Waals surface area contributed by atoms with Gasteiger partial charge in [0.25, 0.3) is 6.23 Å². The molecular formula is C20H35N4O12P2U+. The molecule has 3 heterocycles. The number of aromatic hydroxyl groups is 1. The maximum absolute atomic E-state index is 12.5. The summed E-state index contributed by atoms with van der Waals surface area (Å²) in [6.07, 6.45) is -3.44. The fourth-order valence-electron chi connectivity index (χ4n) is 4.15. The van der Waals surface area contributed by atoms with E-state index in [4.69, 9.17) is 32.7 Å². The van der Waals surface area contributed by atoms with Crippen LogP contribution >= 0.6 is 16.0 Å². The molecule has 6 N–H and O–H groups in total. The van der Waals surface area contributed by atoms with Gasteiger partial charge < -0.3 is 39.3 Å². The molecule has 1 saturated heterocycles. The van der Waals surface area contributed by atoms with Gasteiger partial charge in [-0.1, -0.05) is 0 Å². The Morgan fingerprint density at radius 2 is 2.03 bits per heavy atom. The maximum atomic E-state index is 12.5. The van der Waals surface area contributed by atoms with Gasteiger partial charge in [-0.2, -0.15) is 9.55 Å². The summed E-state index contributed by atoms with van der Waals surface area (Å²) in [7, 11) is -4.64. The van der Waals surface area contributed by atoms with Gasteiger partial charge in [0, 0.05) is 37.7 Å². The molecule has 3 rings (SSSR count). The summed E-state index contributed by atoms with van der Waals surface area (Å²) in [4.78, 5) is 25.8. The van der Waals surface area contributed by atoms with Gasteiger partial charge in [0.2, 0.25) is 0 Å². The molecule has 2 aliphatic heterocycles. The van der Waals surface area contributed by atoms with Crippen molar-refractivity contribution in [2.45, 2.75) is 64.1 Å². The monoisotopic (exact) mass is 823 g/mol. The van der Waals surface area contributed by atoms with Crippen molar-refractivity contribution >= 4 is 16.0 Å². The van der Waals surface area contributed by atoms with Gasteiger partial charge in [-0.25, -0.2) is 14.3 Å². The molecule has 0 radical (unpaired) electrons. The molecule has 39 heavy (non-hydrogen) atoms. The van der Waals surface area contributed by atoms with Crippen LogP contribution in [0, 0.1) is 43.2 Å². The number of hydrogen-bond acceptors (Lipinski definition) is 13. The third-order valence-corrected chi connectivity index (χ3v) is 8.44. The molecule has 2 aliphatic rings. The van der Waals surface area contributed by atoms with E-state index in [0.717, 1.165) is 0 Å². The van der Waals surface area contributed by atoms with Gasteiger partial charge in [-0.05, 0) is 34.9 Å². The minimum atomic E-state index is -4.50. The van der Waals surface area contributed by atoms with E-state index in [2.05, 4.69) is 4.98 Å². The van der Waals surface area contributed by atoms with Crippen LogP contribution in [0.15, 0.2) is 22.5 Å². The Hall–Kier alpha value is -0.788. The van der Waals surface area contributed by atoms with Crippen LogP contribution in [0.5, 0.6) is 6.01 Å². The largest absolute Gasteiger partial charge is 0.508 e. The van der Waals surface area contributed by atoms with Crippen molar-refractivity contribution in [3.05, 3.63) is 33.6 Å². The first-order chi connectivity index (χ1) is 17.7. The van der Waals surface area contributed by atoms with Crippen molar-refractivity contribution in [3.63, 3.8) is 0 Å². The van der Waals surface area contributed by atoms with Crippen LogP contribution in [-0.2, 0) is 32.1 Å². The number of H-pyrrole nitrogens is 1. The van der Waals surface area contributed by atoms with Gasteiger partial charge in [-0.3, -0.25) is 13.6 Å². The Morgan fingerprint density at radius 1 is 1.36 bits per heavy atom. The van der Waals surface area contributed by atoms with Crippen molar-refractivity contribution in [3.8, 4) is 6.01 Å².